The largest absolute Gasteiger partial charge is 0.493 e. The van der Waals surface area contributed by atoms with Crippen molar-refractivity contribution in [3.05, 3.63) is 41.8 Å². The lowest BCUT2D eigenvalue weighted by atomic mass is 10.3. The number of aromatic nitrogens is 2. The minimum absolute atomic E-state index is 0.183. The molecular weight excluding hydrogens is 318 g/mol. The van der Waals surface area contributed by atoms with Crippen LogP contribution < -0.4 is 14.8 Å². The first-order valence-corrected chi connectivity index (χ1v) is 7.58. The summed E-state index contributed by atoms with van der Waals surface area (Å²) in [5, 5.41) is 12.0. The van der Waals surface area contributed by atoms with Gasteiger partial charge in [0.25, 0.3) is 5.91 Å². The van der Waals surface area contributed by atoms with Crippen molar-refractivity contribution in [2.45, 2.75) is 0 Å². The van der Waals surface area contributed by atoms with E-state index in [2.05, 4.69) is 15.6 Å². The third-order valence-electron chi connectivity index (χ3n) is 2.93. The molecule has 0 aliphatic heterocycles. The highest BCUT2D eigenvalue weighted by Gasteiger charge is 2.16. The third-order valence-corrected chi connectivity index (χ3v) is 3.81. The molecule has 0 saturated heterocycles. The number of nitrogens with zero attached hydrogens (tertiary/aromatic N) is 2. The van der Waals surface area contributed by atoms with Gasteiger partial charge in [0.1, 0.15) is 0 Å². The summed E-state index contributed by atoms with van der Waals surface area (Å²) in [7, 11) is 1.54. The molecule has 0 unspecified atom stereocenters. The monoisotopic (exact) mass is 331 g/mol. The molecule has 3 rings (SSSR count). The lowest BCUT2D eigenvalue weighted by Gasteiger charge is -2.09. The molecule has 1 N–H and O–H groups in total. The minimum atomic E-state index is -0.371. The van der Waals surface area contributed by atoms with Gasteiger partial charge in [-0.3, -0.25) is 4.79 Å². The van der Waals surface area contributed by atoms with Crippen LogP contribution in [0.25, 0.3) is 10.6 Å². The van der Waals surface area contributed by atoms with Crippen molar-refractivity contribution in [2.24, 2.45) is 0 Å². The zero-order chi connectivity index (χ0) is 16.1. The molecule has 0 saturated carbocycles. The summed E-state index contributed by atoms with van der Waals surface area (Å²) in [4.78, 5) is 12.9. The molecule has 7 nitrogen and oxygen atoms in total. The number of hydrogen-bond donors (Lipinski definition) is 1. The molecule has 0 fully saturated rings. The van der Waals surface area contributed by atoms with Crippen LogP contribution in [0.1, 0.15) is 0 Å². The van der Waals surface area contributed by atoms with Gasteiger partial charge in [0.05, 0.1) is 12.0 Å². The smallest absolute Gasteiger partial charge is 0.263 e. The van der Waals surface area contributed by atoms with Gasteiger partial charge in [-0.05, 0) is 33.9 Å². The van der Waals surface area contributed by atoms with E-state index in [1.165, 1.54) is 18.4 Å². The van der Waals surface area contributed by atoms with Gasteiger partial charge in [-0.25, -0.2) is 4.63 Å². The highest BCUT2D eigenvalue weighted by molar-refractivity contribution is 7.13. The zero-order valence-electron chi connectivity index (χ0n) is 12.2. The molecule has 8 heteroatoms. The first-order valence-electron chi connectivity index (χ1n) is 6.70. The molecule has 2 aromatic heterocycles. The lowest BCUT2D eigenvalue weighted by molar-refractivity contribution is -0.118. The summed E-state index contributed by atoms with van der Waals surface area (Å²) in [6.07, 6.45) is 0. The molecule has 118 valence electrons. The van der Waals surface area contributed by atoms with E-state index in [4.69, 9.17) is 14.1 Å². The molecule has 1 amide bonds. The van der Waals surface area contributed by atoms with Crippen LogP contribution in [-0.4, -0.2) is 29.9 Å². The Balaban J connectivity index is 1.63. The number of nitrogens with one attached hydrogen (secondary N) is 1. The van der Waals surface area contributed by atoms with Crippen LogP contribution in [0.5, 0.6) is 11.5 Å². The topological polar surface area (TPSA) is 86.5 Å². The van der Waals surface area contributed by atoms with Gasteiger partial charge < -0.3 is 14.8 Å². The van der Waals surface area contributed by atoms with Crippen molar-refractivity contribution < 1.29 is 18.9 Å². The fourth-order valence-corrected chi connectivity index (χ4v) is 2.60. The standard InChI is InChI=1S/C15H13N3O4S/c1-20-10-5-2-3-6-11(10)21-9-13(19)16-15-14(17-22-18-15)12-7-4-8-23-12/h2-8H,9H2,1H3,(H,16,18,19). The predicted octanol–water partition coefficient (Wildman–Crippen LogP) is 2.82. The van der Waals surface area contributed by atoms with Crippen molar-refractivity contribution in [2.75, 3.05) is 19.0 Å². The Morgan fingerprint density at radius 1 is 1.22 bits per heavy atom. The zero-order valence-corrected chi connectivity index (χ0v) is 13.0. The van der Waals surface area contributed by atoms with Crippen molar-refractivity contribution in [3.63, 3.8) is 0 Å². The second-order valence-electron chi connectivity index (χ2n) is 4.43. The summed E-state index contributed by atoms with van der Waals surface area (Å²) in [6.45, 7) is -0.183. The van der Waals surface area contributed by atoms with Crippen LogP contribution in [0.3, 0.4) is 0 Å². The number of amides is 1. The van der Waals surface area contributed by atoms with Crippen LogP contribution in [0.4, 0.5) is 5.82 Å². The van der Waals surface area contributed by atoms with Gasteiger partial charge in [-0.2, -0.15) is 0 Å². The summed E-state index contributed by atoms with van der Waals surface area (Å²) in [5.74, 6) is 0.940. The Hall–Kier alpha value is -2.87. The van der Waals surface area contributed by atoms with Crippen LogP contribution >= 0.6 is 11.3 Å². The normalized spacial score (nSPS) is 10.3. The number of carbonyl (C=O) groups excluding carboxylic acids is 1. The van der Waals surface area contributed by atoms with E-state index in [1.54, 1.807) is 18.2 Å². The number of ether oxygens (including phenoxy) is 2. The van der Waals surface area contributed by atoms with Gasteiger partial charge in [0.2, 0.25) is 5.82 Å². The summed E-state index contributed by atoms with van der Waals surface area (Å²) >= 11 is 1.48. The van der Waals surface area contributed by atoms with E-state index in [0.29, 0.717) is 17.2 Å². The number of carbonyl (C=O) groups is 1. The second kappa shape index (κ2) is 6.93. The molecule has 23 heavy (non-hydrogen) atoms. The summed E-state index contributed by atoms with van der Waals surface area (Å²) in [5.41, 5.74) is 0.491. The van der Waals surface area contributed by atoms with Crippen molar-refractivity contribution in [3.8, 4) is 22.1 Å². The molecule has 0 spiro atoms. The number of methoxy groups -OCH3 is 1. The summed E-state index contributed by atoms with van der Waals surface area (Å²) < 4.78 is 15.3. The minimum Gasteiger partial charge on any atom is -0.493 e. The molecule has 0 radical (unpaired) electrons. The fourth-order valence-electron chi connectivity index (χ4n) is 1.90. The van der Waals surface area contributed by atoms with E-state index in [1.807, 2.05) is 23.6 Å². The molecular formula is C15H13N3O4S. The van der Waals surface area contributed by atoms with Gasteiger partial charge in [0, 0.05) is 0 Å². The van der Waals surface area contributed by atoms with E-state index >= 15 is 0 Å². The molecule has 0 bridgehead atoms. The highest BCUT2D eigenvalue weighted by Crippen LogP contribution is 2.28. The second-order valence-corrected chi connectivity index (χ2v) is 5.37. The van der Waals surface area contributed by atoms with E-state index in [-0.39, 0.29) is 18.3 Å². The average molecular weight is 331 g/mol. The average Bonchev–Trinajstić information content (AvgIpc) is 3.24. The van der Waals surface area contributed by atoms with Gasteiger partial charge in [0.15, 0.2) is 23.8 Å². The highest BCUT2D eigenvalue weighted by atomic mass is 32.1. The predicted molar refractivity (Wildman–Crippen MR) is 84.7 cm³/mol. The maximum Gasteiger partial charge on any atom is 0.263 e. The van der Waals surface area contributed by atoms with E-state index in [9.17, 15) is 4.79 Å². The Bertz CT molecular complexity index is 786. The van der Waals surface area contributed by atoms with Crippen molar-refractivity contribution in [1.82, 2.24) is 10.3 Å². The molecule has 3 aromatic rings. The van der Waals surface area contributed by atoms with Crippen LogP contribution in [-0.2, 0) is 4.79 Å². The van der Waals surface area contributed by atoms with Crippen molar-refractivity contribution in [1.29, 1.82) is 0 Å². The van der Waals surface area contributed by atoms with Gasteiger partial charge in [-0.1, -0.05) is 18.2 Å². The van der Waals surface area contributed by atoms with Crippen LogP contribution in [0, 0.1) is 0 Å². The number of benzene rings is 1. The fraction of sp³-hybridized carbons (Fsp3) is 0.133. The maximum absolute atomic E-state index is 12.0. The van der Waals surface area contributed by atoms with Crippen LogP contribution in [0.15, 0.2) is 46.4 Å². The SMILES string of the molecule is COc1ccccc1OCC(=O)Nc1nonc1-c1cccs1. The van der Waals surface area contributed by atoms with E-state index < -0.39 is 0 Å². The van der Waals surface area contributed by atoms with Gasteiger partial charge in [-0.15, -0.1) is 11.3 Å². The van der Waals surface area contributed by atoms with Gasteiger partial charge >= 0.3 is 0 Å². The van der Waals surface area contributed by atoms with E-state index in [0.717, 1.165) is 4.88 Å². The number of para-hydroxylation sites is 2. The number of rotatable bonds is 6. The maximum atomic E-state index is 12.0. The number of anilines is 1. The molecule has 0 atom stereocenters. The Morgan fingerprint density at radius 3 is 2.78 bits per heavy atom. The summed E-state index contributed by atoms with van der Waals surface area (Å²) in [6, 6.07) is 10.8. The molecule has 0 aliphatic carbocycles. The van der Waals surface area contributed by atoms with Crippen molar-refractivity contribution >= 4 is 23.1 Å². The molecule has 0 aliphatic rings. The number of hydrogen-bond acceptors (Lipinski definition) is 7. The third kappa shape index (κ3) is 3.49. The van der Waals surface area contributed by atoms with Crippen LogP contribution in [0.2, 0.25) is 0 Å². The quantitative estimate of drug-likeness (QED) is 0.747. The Morgan fingerprint density at radius 2 is 2.04 bits per heavy atom. The first-order chi connectivity index (χ1) is 11.3. The first kappa shape index (κ1) is 15.0. The Kier molecular flexibility index (Phi) is 4.53. The number of thiophene rings is 1. The molecule has 2 heterocycles. The Labute approximate surface area is 135 Å². The molecule has 1 aromatic carbocycles. The lowest BCUT2D eigenvalue weighted by Crippen LogP contribution is -2.20.